The van der Waals surface area contributed by atoms with Crippen LogP contribution in [0, 0.1) is 0 Å². The first-order chi connectivity index (χ1) is 14.1. The Morgan fingerprint density at radius 1 is 1.17 bits per heavy atom. The number of carbonyl (C=O) groups is 2. The molecule has 4 rings (SSSR count). The zero-order valence-corrected chi connectivity index (χ0v) is 16.6. The normalized spacial score (nSPS) is 16.1. The number of ether oxygens (including phenoxy) is 1. The van der Waals surface area contributed by atoms with Crippen molar-refractivity contribution in [3.05, 3.63) is 83.8 Å². The lowest BCUT2D eigenvalue weighted by Gasteiger charge is -2.23. The molecule has 29 heavy (non-hydrogen) atoms. The molecule has 1 aliphatic rings. The van der Waals surface area contributed by atoms with Crippen molar-refractivity contribution in [3.63, 3.8) is 0 Å². The average Bonchev–Trinajstić information content (AvgIpc) is 3.39. The third-order valence-electron chi connectivity index (χ3n) is 4.68. The van der Waals surface area contributed by atoms with E-state index in [0.717, 1.165) is 17.1 Å². The van der Waals surface area contributed by atoms with Gasteiger partial charge < -0.3 is 19.4 Å². The number of carbonyl (C=O) groups excluding carboxylic acids is 2. The van der Waals surface area contributed by atoms with Gasteiger partial charge in [-0.15, -0.1) is 11.8 Å². The molecule has 1 N–H and O–H groups in total. The standard InChI is InChI=1S/C22H20N2O4S/c1-27-18-10-8-17(9-11-18)23-21(26)15-4-6-16(7-5-15)22-24(20(25)14-29-22)13-19-3-2-12-28-19/h2-12,22H,13-14H2,1H3,(H,23,26). The van der Waals surface area contributed by atoms with E-state index in [1.54, 1.807) is 66.4 Å². The Morgan fingerprint density at radius 2 is 1.93 bits per heavy atom. The van der Waals surface area contributed by atoms with Crippen molar-refractivity contribution < 1.29 is 18.7 Å². The first-order valence-electron chi connectivity index (χ1n) is 9.13. The molecule has 2 aromatic carbocycles. The summed E-state index contributed by atoms with van der Waals surface area (Å²) in [7, 11) is 1.60. The summed E-state index contributed by atoms with van der Waals surface area (Å²) in [5, 5.41) is 2.78. The number of hydrogen-bond donors (Lipinski definition) is 1. The van der Waals surface area contributed by atoms with Crippen LogP contribution in [0.25, 0.3) is 0 Å². The molecule has 7 heteroatoms. The molecule has 1 aliphatic heterocycles. The minimum Gasteiger partial charge on any atom is -0.497 e. The van der Waals surface area contributed by atoms with Crippen molar-refractivity contribution in [1.29, 1.82) is 0 Å². The Hall–Kier alpha value is -3.19. The molecule has 0 aliphatic carbocycles. The van der Waals surface area contributed by atoms with Crippen LogP contribution in [-0.4, -0.2) is 29.6 Å². The van der Waals surface area contributed by atoms with Gasteiger partial charge in [0.1, 0.15) is 16.9 Å². The van der Waals surface area contributed by atoms with Crippen molar-refractivity contribution in [2.75, 3.05) is 18.2 Å². The summed E-state index contributed by atoms with van der Waals surface area (Å²) in [4.78, 5) is 26.6. The van der Waals surface area contributed by atoms with Crippen LogP contribution in [0.3, 0.4) is 0 Å². The van der Waals surface area contributed by atoms with E-state index < -0.39 is 0 Å². The smallest absolute Gasteiger partial charge is 0.255 e. The molecule has 6 nitrogen and oxygen atoms in total. The van der Waals surface area contributed by atoms with Gasteiger partial charge in [0.25, 0.3) is 5.91 Å². The van der Waals surface area contributed by atoms with Gasteiger partial charge in [-0.05, 0) is 54.1 Å². The lowest BCUT2D eigenvalue weighted by atomic mass is 10.1. The number of hydrogen-bond acceptors (Lipinski definition) is 5. The molecule has 1 atom stereocenters. The predicted octanol–water partition coefficient (Wildman–Crippen LogP) is 4.31. The third kappa shape index (κ3) is 4.30. The van der Waals surface area contributed by atoms with Gasteiger partial charge in [0.05, 0.1) is 25.7 Å². The lowest BCUT2D eigenvalue weighted by Crippen LogP contribution is -2.27. The first-order valence-corrected chi connectivity index (χ1v) is 10.2. The monoisotopic (exact) mass is 408 g/mol. The van der Waals surface area contributed by atoms with Crippen molar-refractivity contribution in [1.82, 2.24) is 4.90 Å². The second-order valence-electron chi connectivity index (χ2n) is 6.57. The van der Waals surface area contributed by atoms with Crippen LogP contribution in [0.15, 0.2) is 71.3 Å². The summed E-state index contributed by atoms with van der Waals surface area (Å²) in [6, 6.07) is 18.2. The van der Waals surface area contributed by atoms with Crippen LogP contribution in [0.4, 0.5) is 5.69 Å². The van der Waals surface area contributed by atoms with Crippen molar-refractivity contribution in [2.45, 2.75) is 11.9 Å². The quantitative estimate of drug-likeness (QED) is 0.658. The molecule has 2 amide bonds. The maximum absolute atomic E-state index is 12.5. The summed E-state index contributed by atoms with van der Waals surface area (Å²) >= 11 is 1.58. The van der Waals surface area contributed by atoms with Crippen LogP contribution < -0.4 is 10.1 Å². The van der Waals surface area contributed by atoms with E-state index in [1.807, 2.05) is 24.3 Å². The molecule has 0 radical (unpaired) electrons. The Kier molecular flexibility index (Phi) is 5.57. The fourth-order valence-electron chi connectivity index (χ4n) is 3.15. The van der Waals surface area contributed by atoms with Crippen LogP contribution in [0.5, 0.6) is 5.75 Å². The van der Waals surface area contributed by atoms with Crippen LogP contribution >= 0.6 is 11.8 Å². The lowest BCUT2D eigenvalue weighted by molar-refractivity contribution is -0.128. The number of benzene rings is 2. The number of methoxy groups -OCH3 is 1. The van der Waals surface area contributed by atoms with Crippen LogP contribution in [-0.2, 0) is 11.3 Å². The van der Waals surface area contributed by atoms with E-state index in [0.29, 0.717) is 23.5 Å². The highest BCUT2D eigenvalue weighted by atomic mass is 32.2. The SMILES string of the molecule is COc1ccc(NC(=O)c2ccc(C3SCC(=O)N3Cc3ccco3)cc2)cc1. The zero-order chi connectivity index (χ0) is 20.2. The topological polar surface area (TPSA) is 71.8 Å². The van der Waals surface area contributed by atoms with Gasteiger partial charge in [0.15, 0.2) is 0 Å². The molecule has 1 saturated heterocycles. The summed E-state index contributed by atoms with van der Waals surface area (Å²) < 4.78 is 10.5. The summed E-state index contributed by atoms with van der Waals surface area (Å²) in [6.45, 7) is 0.434. The number of furan rings is 1. The summed E-state index contributed by atoms with van der Waals surface area (Å²) in [5.74, 6) is 1.81. The Morgan fingerprint density at radius 3 is 2.59 bits per heavy atom. The molecule has 2 heterocycles. The molecular weight excluding hydrogens is 388 g/mol. The minimum absolute atomic E-state index is 0.0812. The van der Waals surface area contributed by atoms with Gasteiger partial charge in [-0.25, -0.2) is 0 Å². The van der Waals surface area contributed by atoms with Crippen molar-refractivity contribution in [2.24, 2.45) is 0 Å². The van der Waals surface area contributed by atoms with Crippen LogP contribution in [0.1, 0.15) is 27.1 Å². The Bertz CT molecular complexity index is 985. The zero-order valence-electron chi connectivity index (χ0n) is 15.8. The molecular formula is C22H20N2O4S. The highest BCUT2D eigenvalue weighted by molar-refractivity contribution is 8.00. The Balaban J connectivity index is 1.45. The Labute approximate surface area is 172 Å². The van der Waals surface area contributed by atoms with Crippen LogP contribution in [0.2, 0.25) is 0 Å². The van der Waals surface area contributed by atoms with Gasteiger partial charge >= 0.3 is 0 Å². The molecule has 3 aromatic rings. The molecule has 1 unspecified atom stereocenters. The molecule has 0 spiro atoms. The van der Waals surface area contributed by atoms with Gasteiger partial charge in [-0.1, -0.05) is 12.1 Å². The first kappa shape index (κ1) is 19.1. The van der Waals surface area contributed by atoms with E-state index in [1.165, 1.54) is 0 Å². The van der Waals surface area contributed by atoms with Gasteiger partial charge in [-0.3, -0.25) is 9.59 Å². The molecule has 148 valence electrons. The van der Waals surface area contributed by atoms with Crippen molar-refractivity contribution >= 4 is 29.3 Å². The van der Waals surface area contributed by atoms with Gasteiger partial charge in [-0.2, -0.15) is 0 Å². The average molecular weight is 408 g/mol. The highest BCUT2D eigenvalue weighted by Gasteiger charge is 2.33. The minimum atomic E-state index is -0.190. The van der Waals surface area contributed by atoms with E-state index in [9.17, 15) is 9.59 Å². The molecule has 1 aromatic heterocycles. The predicted molar refractivity (Wildman–Crippen MR) is 112 cm³/mol. The molecule has 0 bridgehead atoms. The summed E-state index contributed by atoms with van der Waals surface area (Å²) in [5.41, 5.74) is 2.23. The number of amides is 2. The maximum Gasteiger partial charge on any atom is 0.255 e. The number of rotatable bonds is 6. The number of nitrogens with zero attached hydrogens (tertiary/aromatic N) is 1. The fraction of sp³-hybridized carbons (Fsp3) is 0.182. The fourth-order valence-corrected chi connectivity index (χ4v) is 4.34. The third-order valence-corrected chi connectivity index (χ3v) is 5.94. The van der Waals surface area contributed by atoms with E-state index in [4.69, 9.17) is 9.15 Å². The van der Waals surface area contributed by atoms with Gasteiger partial charge in [0, 0.05) is 11.3 Å². The number of anilines is 1. The molecule has 1 fully saturated rings. The number of nitrogens with one attached hydrogen (secondary N) is 1. The van der Waals surface area contributed by atoms with Gasteiger partial charge in [0.2, 0.25) is 5.91 Å². The summed E-state index contributed by atoms with van der Waals surface area (Å²) in [6.07, 6.45) is 1.61. The maximum atomic E-state index is 12.5. The van der Waals surface area contributed by atoms with E-state index in [2.05, 4.69) is 5.32 Å². The van der Waals surface area contributed by atoms with E-state index in [-0.39, 0.29) is 17.2 Å². The van der Waals surface area contributed by atoms with E-state index >= 15 is 0 Å². The molecule has 0 saturated carbocycles. The highest BCUT2D eigenvalue weighted by Crippen LogP contribution is 2.39. The second-order valence-corrected chi connectivity index (χ2v) is 7.64. The van der Waals surface area contributed by atoms with Crippen molar-refractivity contribution in [3.8, 4) is 5.75 Å². The largest absolute Gasteiger partial charge is 0.497 e. The number of thioether (sulfide) groups is 1. The second kappa shape index (κ2) is 8.45.